The van der Waals surface area contributed by atoms with Crippen LogP contribution < -0.4 is 0 Å². The van der Waals surface area contributed by atoms with Gasteiger partial charge >= 0.3 is 0 Å². The SMILES string of the molecule is Oc1ccccn1.[Zr]. The molecule has 0 aliphatic heterocycles. The van der Waals surface area contributed by atoms with Gasteiger partial charge in [0.15, 0.2) is 0 Å². The minimum atomic E-state index is 0. The molecule has 0 aliphatic carbocycles. The van der Waals surface area contributed by atoms with Crippen molar-refractivity contribution in [2.24, 2.45) is 0 Å². The van der Waals surface area contributed by atoms with Crippen LogP contribution >= 0.6 is 0 Å². The molecule has 1 rings (SSSR count). The van der Waals surface area contributed by atoms with Gasteiger partial charge in [0.25, 0.3) is 0 Å². The zero-order valence-corrected chi connectivity index (χ0v) is 6.66. The Morgan fingerprint density at radius 1 is 1.38 bits per heavy atom. The van der Waals surface area contributed by atoms with E-state index in [9.17, 15) is 0 Å². The molecule has 0 amide bonds. The van der Waals surface area contributed by atoms with E-state index >= 15 is 0 Å². The quantitative estimate of drug-likeness (QED) is 0.649. The van der Waals surface area contributed by atoms with E-state index in [0.29, 0.717) is 0 Å². The molecule has 2 nitrogen and oxygen atoms in total. The number of hydrogen-bond donors (Lipinski definition) is 1. The topological polar surface area (TPSA) is 33.1 Å². The number of rotatable bonds is 0. The van der Waals surface area contributed by atoms with Gasteiger partial charge in [-0.2, -0.15) is 0 Å². The number of aromatic nitrogens is 1. The van der Waals surface area contributed by atoms with Gasteiger partial charge in [-0.1, -0.05) is 6.07 Å². The van der Waals surface area contributed by atoms with E-state index in [2.05, 4.69) is 4.98 Å². The molecule has 0 aromatic carbocycles. The first-order chi connectivity index (χ1) is 3.39. The molecule has 3 heteroatoms. The largest absolute Gasteiger partial charge is 0.493 e. The summed E-state index contributed by atoms with van der Waals surface area (Å²) in [6.45, 7) is 0. The van der Waals surface area contributed by atoms with Crippen molar-refractivity contribution in [3.8, 4) is 5.88 Å². The zero-order chi connectivity index (χ0) is 5.11. The van der Waals surface area contributed by atoms with Crippen molar-refractivity contribution < 1.29 is 31.3 Å². The minimum Gasteiger partial charge on any atom is -0.493 e. The summed E-state index contributed by atoms with van der Waals surface area (Å²) in [5.41, 5.74) is 0. The Morgan fingerprint density at radius 3 is 2.38 bits per heavy atom. The van der Waals surface area contributed by atoms with E-state index in [-0.39, 0.29) is 32.1 Å². The van der Waals surface area contributed by atoms with Crippen molar-refractivity contribution in [1.29, 1.82) is 0 Å². The summed E-state index contributed by atoms with van der Waals surface area (Å²) in [7, 11) is 0. The third-order valence-corrected chi connectivity index (χ3v) is 0.649. The number of hydrogen-bond acceptors (Lipinski definition) is 2. The van der Waals surface area contributed by atoms with Crippen molar-refractivity contribution in [1.82, 2.24) is 4.98 Å². The Labute approximate surface area is 66.7 Å². The second-order valence-electron chi connectivity index (χ2n) is 1.19. The van der Waals surface area contributed by atoms with Crippen LogP contribution in [0.3, 0.4) is 0 Å². The average molecular weight is 186 g/mol. The predicted octanol–water partition coefficient (Wildman–Crippen LogP) is 0.785. The van der Waals surface area contributed by atoms with E-state index in [1.54, 1.807) is 12.1 Å². The van der Waals surface area contributed by atoms with Crippen LogP contribution in [-0.4, -0.2) is 10.1 Å². The van der Waals surface area contributed by atoms with Crippen molar-refractivity contribution >= 4 is 0 Å². The molecular formula is C5H5NOZr. The molecule has 0 fully saturated rings. The number of aromatic hydroxyl groups is 1. The Balaban J connectivity index is 0.000000490. The van der Waals surface area contributed by atoms with Crippen molar-refractivity contribution in [3.63, 3.8) is 0 Å². The maximum atomic E-state index is 8.52. The summed E-state index contributed by atoms with van der Waals surface area (Å²) in [6.07, 6.45) is 1.54. The Bertz CT molecular complexity index is 142. The second-order valence-corrected chi connectivity index (χ2v) is 1.19. The minimum absolute atomic E-state index is 0. The van der Waals surface area contributed by atoms with Crippen molar-refractivity contribution in [2.45, 2.75) is 0 Å². The predicted molar refractivity (Wildman–Crippen MR) is 25.9 cm³/mol. The van der Waals surface area contributed by atoms with E-state index in [1.165, 1.54) is 12.3 Å². The molecule has 1 aromatic heterocycles. The Morgan fingerprint density at radius 2 is 2.12 bits per heavy atom. The normalized spacial score (nSPS) is 7.50. The third-order valence-electron chi connectivity index (χ3n) is 0.649. The fourth-order valence-electron chi connectivity index (χ4n) is 0.354. The molecule has 0 bridgehead atoms. The Kier molecular flexibility index (Phi) is 3.71. The van der Waals surface area contributed by atoms with Gasteiger partial charge in [0.05, 0.1) is 0 Å². The summed E-state index contributed by atoms with van der Waals surface area (Å²) in [4.78, 5) is 3.53. The van der Waals surface area contributed by atoms with Crippen LogP contribution in [0.5, 0.6) is 5.88 Å². The van der Waals surface area contributed by atoms with Gasteiger partial charge in [-0.15, -0.1) is 0 Å². The van der Waals surface area contributed by atoms with E-state index in [1.807, 2.05) is 0 Å². The first-order valence-electron chi connectivity index (χ1n) is 1.99. The average Bonchev–Trinajstić information content (AvgIpc) is 1.69. The Hall–Kier alpha value is -0.167. The van der Waals surface area contributed by atoms with Gasteiger partial charge in [0, 0.05) is 38.5 Å². The van der Waals surface area contributed by atoms with Crippen LogP contribution in [0, 0.1) is 0 Å². The van der Waals surface area contributed by atoms with Crippen LogP contribution in [0.2, 0.25) is 0 Å². The molecule has 0 spiro atoms. The first kappa shape index (κ1) is 7.83. The molecule has 0 radical (unpaired) electrons. The third kappa shape index (κ3) is 2.22. The zero-order valence-electron chi connectivity index (χ0n) is 4.20. The second kappa shape index (κ2) is 3.79. The number of pyridine rings is 1. The van der Waals surface area contributed by atoms with E-state index in [4.69, 9.17) is 5.11 Å². The van der Waals surface area contributed by atoms with Gasteiger partial charge in [-0.3, -0.25) is 0 Å². The molecule has 1 N–H and O–H groups in total. The summed E-state index contributed by atoms with van der Waals surface area (Å²) >= 11 is 0. The van der Waals surface area contributed by atoms with Crippen molar-refractivity contribution in [3.05, 3.63) is 24.4 Å². The summed E-state index contributed by atoms with van der Waals surface area (Å²) in [5.74, 6) is 0.0718. The molecule has 0 saturated heterocycles. The smallest absolute Gasteiger partial charge is 0.210 e. The van der Waals surface area contributed by atoms with E-state index in [0.717, 1.165) is 0 Å². The maximum absolute atomic E-state index is 8.52. The summed E-state index contributed by atoms with van der Waals surface area (Å²) in [6, 6.07) is 5.00. The molecule has 0 saturated carbocycles. The molecule has 0 atom stereocenters. The molecule has 8 heavy (non-hydrogen) atoms. The van der Waals surface area contributed by atoms with Crippen LogP contribution in [0.4, 0.5) is 0 Å². The molecule has 1 aromatic rings. The molecular weight excluding hydrogens is 181 g/mol. The molecule has 0 aliphatic rings. The van der Waals surface area contributed by atoms with Crippen LogP contribution in [0.25, 0.3) is 0 Å². The molecule has 1 heterocycles. The van der Waals surface area contributed by atoms with Gasteiger partial charge in [-0.05, 0) is 6.07 Å². The molecule has 0 unspecified atom stereocenters. The van der Waals surface area contributed by atoms with Crippen LogP contribution in [0.15, 0.2) is 24.4 Å². The summed E-state index contributed by atoms with van der Waals surface area (Å²) < 4.78 is 0. The number of nitrogens with zero attached hydrogens (tertiary/aromatic N) is 1. The van der Waals surface area contributed by atoms with Crippen molar-refractivity contribution in [2.75, 3.05) is 0 Å². The van der Waals surface area contributed by atoms with Gasteiger partial charge in [0.1, 0.15) is 0 Å². The summed E-state index contributed by atoms with van der Waals surface area (Å²) in [5, 5.41) is 8.52. The van der Waals surface area contributed by atoms with Gasteiger partial charge < -0.3 is 5.11 Å². The first-order valence-corrected chi connectivity index (χ1v) is 1.99. The fraction of sp³-hybridized carbons (Fsp3) is 0. The molecule has 40 valence electrons. The van der Waals surface area contributed by atoms with Crippen LogP contribution in [-0.2, 0) is 26.2 Å². The van der Waals surface area contributed by atoms with Crippen LogP contribution in [0.1, 0.15) is 0 Å². The van der Waals surface area contributed by atoms with Gasteiger partial charge in [0.2, 0.25) is 5.88 Å². The standard InChI is InChI=1S/C5H5NO.Zr/c7-5-3-1-2-4-6-5;/h1-4H,(H,6,7);. The maximum Gasteiger partial charge on any atom is 0.210 e. The fourth-order valence-corrected chi connectivity index (χ4v) is 0.354. The van der Waals surface area contributed by atoms with Gasteiger partial charge in [-0.25, -0.2) is 4.98 Å². The monoisotopic (exact) mass is 185 g/mol. The van der Waals surface area contributed by atoms with E-state index < -0.39 is 0 Å².